The molecule has 0 aliphatic carbocycles. The zero-order valence-electron chi connectivity index (χ0n) is 6.52. The molecule has 0 atom stereocenters. The van der Waals surface area contributed by atoms with Crippen LogP contribution in [-0.2, 0) is 0 Å². The van der Waals surface area contributed by atoms with Crippen molar-refractivity contribution in [3.63, 3.8) is 0 Å². The number of aromatic nitrogens is 1. The quantitative estimate of drug-likeness (QED) is 0.519. The summed E-state index contributed by atoms with van der Waals surface area (Å²) in [5.41, 5.74) is 6.95. The first-order valence-electron chi connectivity index (χ1n) is 3.37. The van der Waals surface area contributed by atoms with Gasteiger partial charge in [0.05, 0.1) is 0 Å². The van der Waals surface area contributed by atoms with E-state index in [-0.39, 0.29) is 11.0 Å². The van der Waals surface area contributed by atoms with Crippen LogP contribution in [0.5, 0.6) is 0 Å². The van der Waals surface area contributed by atoms with Crippen molar-refractivity contribution in [2.45, 2.75) is 0 Å². The predicted octanol–water partition coefficient (Wildman–Crippen LogP) is 1.13. The summed E-state index contributed by atoms with van der Waals surface area (Å²) in [4.78, 5) is 15.0. The van der Waals surface area contributed by atoms with Crippen molar-refractivity contribution >= 4 is 23.2 Å². The summed E-state index contributed by atoms with van der Waals surface area (Å²) >= 11 is 4.53. The largest absolute Gasteiger partial charge is 0.296 e. The average Bonchev–Trinajstić information content (AvgIpc) is 2.19. The standard InChI is InChI=1S/C7H6N4OS/c8-11-7(13)10-6(12)5-1-3-9-4-2-5/h1-4,8H,(H,10,12,13). The molecule has 0 saturated heterocycles. The minimum atomic E-state index is -0.386. The number of hydrogen-bond acceptors (Lipinski definition) is 4. The molecule has 1 rings (SSSR count). The molecule has 0 radical (unpaired) electrons. The van der Waals surface area contributed by atoms with Crippen LogP contribution in [0.4, 0.5) is 0 Å². The Labute approximate surface area is 79.7 Å². The van der Waals surface area contributed by atoms with Gasteiger partial charge in [0, 0.05) is 18.0 Å². The number of hydrogen-bond donors (Lipinski definition) is 2. The summed E-state index contributed by atoms with van der Waals surface area (Å²) in [7, 11) is 0. The predicted molar refractivity (Wildman–Crippen MR) is 49.4 cm³/mol. The average molecular weight is 194 g/mol. The Balaban J connectivity index is 2.70. The molecule has 0 aromatic carbocycles. The molecule has 5 nitrogen and oxygen atoms in total. The fourth-order valence-corrected chi connectivity index (χ4v) is 0.793. The molecule has 1 heterocycles. The van der Waals surface area contributed by atoms with Gasteiger partial charge < -0.3 is 0 Å². The number of carbonyl (C=O) groups excluding carboxylic acids is 1. The van der Waals surface area contributed by atoms with E-state index in [1.165, 1.54) is 12.4 Å². The molecule has 0 aliphatic rings. The van der Waals surface area contributed by atoms with Crippen molar-refractivity contribution in [1.29, 1.82) is 5.53 Å². The molecule has 0 aliphatic heterocycles. The fraction of sp³-hybridized carbons (Fsp3) is 0. The van der Waals surface area contributed by atoms with E-state index in [0.29, 0.717) is 5.56 Å². The first-order chi connectivity index (χ1) is 6.24. The molecular weight excluding hydrogens is 188 g/mol. The van der Waals surface area contributed by atoms with Gasteiger partial charge in [-0.15, -0.1) is 5.11 Å². The zero-order valence-corrected chi connectivity index (χ0v) is 7.34. The maximum atomic E-state index is 11.2. The minimum Gasteiger partial charge on any atom is -0.296 e. The van der Waals surface area contributed by atoms with E-state index >= 15 is 0 Å². The lowest BCUT2D eigenvalue weighted by atomic mass is 10.2. The van der Waals surface area contributed by atoms with Gasteiger partial charge in [-0.25, -0.2) is 5.53 Å². The molecule has 2 N–H and O–H groups in total. The molecule has 6 heteroatoms. The van der Waals surface area contributed by atoms with Gasteiger partial charge in [0.15, 0.2) is 0 Å². The lowest BCUT2D eigenvalue weighted by molar-refractivity contribution is 0.0977. The monoisotopic (exact) mass is 194 g/mol. The number of carbonyl (C=O) groups is 1. The molecule has 1 aromatic heterocycles. The Bertz CT molecular complexity index is 338. The number of amides is 1. The van der Waals surface area contributed by atoms with Crippen LogP contribution in [-0.4, -0.2) is 16.0 Å². The SMILES string of the molecule is N=NC(=S)NC(=O)c1ccncc1. The van der Waals surface area contributed by atoms with E-state index in [2.05, 4.69) is 27.6 Å². The van der Waals surface area contributed by atoms with Crippen molar-refractivity contribution in [3.8, 4) is 0 Å². The Morgan fingerprint density at radius 3 is 2.69 bits per heavy atom. The van der Waals surface area contributed by atoms with Crippen molar-refractivity contribution in [3.05, 3.63) is 30.1 Å². The molecule has 0 fully saturated rings. The number of rotatable bonds is 1. The van der Waals surface area contributed by atoms with Crippen LogP contribution in [0.1, 0.15) is 10.4 Å². The second kappa shape index (κ2) is 4.36. The molecule has 0 unspecified atom stereocenters. The van der Waals surface area contributed by atoms with E-state index in [9.17, 15) is 4.79 Å². The first kappa shape index (κ1) is 9.40. The molecule has 0 bridgehead atoms. The van der Waals surface area contributed by atoms with Crippen LogP contribution in [0.25, 0.3) is 0 Å². The Hall–Kier alpha value is -1.69. The molecule has 66 valence electrons. The second-order valence-electron chi connectivity index (χ2n) is 2.11. The van der Waals surface area contributed by atoms with Gasteiger partial charge >= 0.3 is 0 Å². The minimum absolute atomic E-state index is 0.151. The Kier molecular flexibility index (Phi) is 3.15. The molecule has 1 amide bonds. The van der Waals surface area contributed by atoms with Crippen molar-refractivity contribution in [2.75, 3.05) is 0 Å². The van der Waals surface area contributed by atoms with Crippen molar-refractivity contribution in [1.82, 2.24) is 10.3 Å². The van der Waals surface area contributed by atoms with Crippen LogP contribution in [0.3, 0.4) is 0 Å². The van der Waals surface area contributed by atoms with Crippen LogP contribution >= 0.6 is 12.2 Å². The maximum absolute atomic E-state index is 11.2. The Morgan fingerprint density at radius 2 is 2.15 bits per heavy atom. The second-order valence-corrected chi connectivity index (χ2v) is 2.49. The van der Waals surface area contributed by atoms with Crippen molar-refractivity contribution in [2.24, 2.45) is 5.11 Å². The number of pyridine rings is 1. The molecule has 1 aromatic rings. The number of thiocarbonyl (C=S) groups is 1. The topological polar surface area (TPSA) is 78.2 Å². The molecule has 0 spiro atoms. The van der Waals surface area contributed by atoms with Gasteiger partial charge in [0.2, 0.25) is 5.11 Å². The summed E-state index contributed by atoms with van der Waals surface area (Å²) in [5.74, 6) is -0.386. The first-order valence-corrected chi connectivity index (χ1v) is 3.77. The van der Waals surface area contributed by atoms with E-state index < -0.39 is 0 Å². The highest BCUT2D eigenvalue weighted by Gasteiger charge is 2.05. The number of nitrogens with zero attached hydrogens (tertiary/aromatic N) is 2. The smallest absolute Gasteiger partial charge is 0.257 e. The summed E-state index contributed by atoms with van der Waals surface area (Å²) in [5, 5.41) is 4.99. The van der Waals surface area contributed by atoms with Crippen LogP contribution in [0.15, 0.2) is 29.6 Å². The third kappa shape index (κ3) is 2.68. The van der Waals surface area contributed by atoms with Gasteiger partial charge in [-0.05, 0) is 24.4 Å². The highest BCUT2D eigenvalue weighted by atomic mass is 32.1. The molecular formula is C7H6N4OS. The third-order valence-corrected chi connectivity index (χ3v) is 1.46. The van der Waals surface area contributed by atoms with Gasteiger partial charge in [-0.3, -0.25) is 15.1 Å². The highest BCUT2D eigenvalue weighted by Crippen LogP contribution is 1.95. The summed E-state index contributed by atoms with van der Waals surface area (Å²) in [6.45, 7) is 0. The van der Waals surface area contributed by atoms with Gasteiger partial charge in [0.1, 0.15) is 0 Å². The van der Waals surface area contributed by atoms with Crippen LogP contribution < -0.4 is 5.32 Å². The van der Waals surface area contributed by atoms with E-state index in [1.807, 2.05) is 0 Å². The normalized spacial score (nSPS) is 8.92. The lowest BCUT2D eigenvalue weighted by Crippen LogP contribution is -2.27. The van der Waals surface area contributed by atoms with E-state index in [4.69, 9.17) is 5.53 Å². The molecule has 0 saturated carbocycles. The van der Waals surface area contributed by atoms with Gasteiger partial charge in [-0.1, -0.05) is 0 Å². The Morgan fingerprint density at radius 1 is 1.54 bits per heavy atom. The molecule has 13 heavy (non-hydrogen) atoms. The van der Waals surface area contributed by atoms with Gasteiger partial charge in [0.25, 0.3) is 5.91 Å². The maximum Gasteiger partial charge on any atom is 0.257 e. The summed E-state index contributed by atoms with van der Waals surface area (Å²) in [6.07, 6.45) is 2.99. The highest BCUT2D eigenvalue weighted by molar-refractivity contribution is 7.80. The number of nitrogens with one attached hydrogen (secondary N) is 2. The summed E-state index contributed by atoms with van der Waals surface area (Å²) < 4.78 is 0. The van der Waals surface area contributed by atoms with Gasteiger partial charge in [-0.2, -0.15) is 0 Å². The van der Waals surface area contributed by atoms with Crippen LogP contribution in [0, 0.1) is 5.53 Å². The van der Waals surface area contributed by atoms with Crippen LogP contribution in [0.2, 0.25) is 0 Å². The zero-order chi connectivity index (χ0) is 9.68. The third-order valence-electron chi connectivity index (χ3n) is 1.26. The fourth-order valence-electron chi connectivity index (χ4n) is 0.701. The lowest BCUT2D eigenvalue weighted by Gasteiger charge is -1.99. The van der Waals surface area contributed by atoms with Crippen molar-refractivity contribution < 1.29 is 4.79 Å². The van der Waals surface area contributed by atoms with E-state index in [0.717, 1.165) is 0 Å². The summed E-state index contributed by atoms with van der Waals surface area (Å²) in [6, 6.07) is 3.09. The van der Waals surface area contributed by atoms with E-state index in [1.54, 1.807) is 12.1 Å².